The predicted octanol–water partition coefficient (Wildman–Crippen LogP) is 2.36. The second-order valence-electron chi connectivity index (χ2n) is 3.46. The maximum atomic E-state index is 10.7. The van der Waals surface area contributed by atoms with Crippen molar-refractivity contribution in [3.05, 3.63) is 22.8 Å². The van der Waals surface area contributed by atoms with Crippen LogP contribution >= 0.6 is 11.6 Å². The summed E-state index contributed by atoms with van der Waals surface area (Å²) in [5, 5.41) is 8.92. The average Bonchev–Trinajstić information content (AvgIpc) is 2.13. The van der Waals surface area contributed by atoms with Crippen molar-refractivity contribution in [3.8, 4) is 5.88 Å². The van der Waals surface area contributed by atoms with Crippen molar-refractivity contribution in [2.75, 3.05) is 0 Å². The molecule has 0 radical (unpaired) electrons. The standard InChI is InChI=1S/C10H10ClNO3/c11-7-4-5-8(12-9(7)10(13)14)15-6-2-1-3-6/h4-6H,1-3H2,(H,13,14). The molecule has 0 aliphatic heterocycles. The summed E-state index contributed by atoms with van der Waals surface area (Å²) in [4.78, 5) is 14.6. The monoisotopic (exact) mass is 227 g/mol. The molecule has 4 nitrogen and oxygen atoms in total. The van der Waals surface area contributed by atoms with Crippen LogP contribution in [0, 0.1) is 0 Å². The predicted molar refractivity (Wildman–Crippen MR) is 54.5 cm³/mol. The number of halogens is 1. The van der Waals surface area contributed by atoms with E-state index >= 15 is 0 Å². The molecular weight excluding hydrogens is 218 g/mol. The van der Waals surface area contributed by atoms with Crippen LogP contribution in [0.25, 0.3) is 0 Å². The molecule has 1 aromatic heterocycles. The van der Waals surface area contributed by atoms with E-state index < -0.39 is 5.97 Å². The van der Waals surface area contributed by atoms with Crippen molar-refractivity contribution in [2.24, 2.45) is 0 Å². The van der Waals surface area contributed by atoms with Gasteiger partial charge in [-0.05, 0) is 25.3 Å². The fourth-order valence-electron chi connectivity index (χ4n) is 1.30. The highest BCUT2D eigenvalue weighted by molar-refractivity contribution is 6.33. The van der Waals surface area contributed by atoms with Gasteiger partial charge in [0.2, 0.25) is 5.88 Å². The van der Waals surface area contributed by atoms with Gasteiger partial charge in [-0.25, -0.2) is 9.78 Å². The highest BCUT2D eigenvalue weighted by atomic mass is 35.5. The van der Waals surface area contributed by atoms with Gasteiger partial charge in [-0.3, -0.25) is 0 Å². The van der Waals surface area contributed by atoms with Gasteiger partial charge < -0.3 is 9.84 Å². The molecule has 0 atom stereocenters. The molecule has 1 saturated carbocycles. The molecule has 1 aromatic rings. The number of ether oxygens (including phenoxy) is 1. The van der Waals surface area contributed by atoms with Crippen LogP contribution in [0.2, 0.25) is 5.02 Å². The molecule has 2 rings (SSSR count). The minimum atomic E-state index is -1.14. The van der Waals surface area contributed by atoms with Crippen molar-refractivity contribution in [3.63, 3.8) is 0 Å². The first kappa shape index (κ1) is 10.2. The van der Waals surface area contributed by atoms with Crippen LogP contribution in [0.15, 0.2) is 12.1 Å². The zero-order valence-corrected chi connectivity index (χ0v) is 8.70. The Bertz CT molecular complexity index is 390. The molecule has 1 fully saturated rings. The van der Waals surface area contributed by atoms with E-state index in [1.165, 1.54) is 6.07 Å². The normalized spacial score (nSPS) is 15.8. The third-order valence-electron chi connectivity index (χ3n) is 2.36. The van der Waals surface area contributed by atoms with E-state index in [-0.39, 0.29) is 16.8 Å². The Kier molecular flexibility index (Phi) is 2.77. The summed E-state index contributed by atoms with van der Waals surface area (Å²) >= 11 is 5.68. The van der Waals surface area contributed by atoms with Crippen molar-refractivity contribution in [1.29, 1.82) is 0 Å². The van der Waals surface area contributed by atoms with Gasteiger partial charge >= 0.3 is 5.97 Å². The molecule has 0 bridgehead atoms. The first-order valence-corrected chi connectivity index (χ1v) is 5.11. The summed E-state index contributed by atoms with van der Waals surface area (Å²) in [7, 11) is 0. The fourth-order valence-corrected chi connectivity index (χ4v) is 1.49. The first-order valence-electron chi connectivity index (χ1n) is 4.73. The molecule has 1 heterocycles. The molecule has 1 aliphatic rings. The summed E-state index contributed by atoms with van der Waals surface area (Å²) < 4.78 is 5.46. The number of carboxylic acid groups (broad SMARTS) is 1. The van der Waals surface area contributed by atoms with Gasteiger partial charge in [-0.15, -0.1) is 0 Å². The number of carboxylic acids is 1. The molecule has 15 heavy (non-hydrogen) atoms. The number of rotatable bonds is 3. The van der Waals surface area contributed by atoms with Crippen LogP contribution in [-0.2, 0) is 0 Å². The van der Waals surface area contributed by atoms with E-state index in [4.69, 9.17) is 21.4 Å². The van der Waals surface area contributed by atoms with Gasteiger partial charge in [0, 0.05) is 6.07 Å². The lowest BCUT2D eigenvalue weighted by Crippen LogP contribution is -2.25. The van der Waals surface area contributed by atoms with Crippen molar-refractivity contribution in [2.45, 2.75) is 25.4 Å². The second kappa shape index (κ2) is 4.06. The Balaban J connectivity index is 2.17. The van der Waals surface area contributed by atoms with E-state index in [1.807, 2.05) is 0 Å². The van der Waals surface area contributed by atoms with E-state index in [2.05, 4.69) is 4.98 Å². The Morgan fingerprint density at radius 2 is 2.27 bits per heavy atom. The number of aromatic nitrogens is 1. The van der Waals surface area contributed by atoms with Crippen LogP contribution < -0.4 is 4.74 Å². The van der Waals surface area contributed by atoms with Gasteiger partial charge in [-0.2, -0.15) is 0 Å². The molecule has 80 valence electrons. The van der Waals surface area contributed by atoms with Crippen molar-refractivity contribution >= 4 is 17.6 Å². The lowest BCUT2D eigenvalue weighted by atomic mass is 9.96. The van der Waals surface area contributed by atoms with Gasteiger partial charge in [-0.1, -0.05) is 11.6 Å². The smallest absolute Gasteiger partial charge is 0.356 e. The molecule has 5 heteroatoms. The van der Waals surface area contributed by atoms with E-state index in [1.54, 1.807) is 6.07 Å². The number of aromatic carboxylic acids is 1. The van der Waals surface area contributed by atoms with Crippen LogP contribution in [0.3, 0.4) is 0 Å². The zero-order valence-electron chi connectivity index (χ0n) is 7.94. The largest absolute Gasteiger partial charge is 0.476 e. The highest BCUT2D eigenvalue weighted by Crippen LogP contribution is 2.25. The second-order valence-corrected chi connectivity index (χ2v) is 3.86. The molecule has 0 aromatic carbocycles. The van der Waals surface area contributed by atoms with Gasteiger partial charge in [0.25, 0.3) is 0 Å². The van der Waals surface area contributed by atoms with Gasteiger partial charge in [0.05, 0.1) is 5.02 Å². The maximum absolute atomic E-state index is 10.7. The number of pyridine rings is 1. The van der Waals surface area contributed by atoms with E-state index in [9.17, 15) is 4.79 Å². The number of nitrogens with zero attached hydrogens (tertiary/aromatic N) is 1. The quantitative estimate of drug-likeness (QED) is 0.861. The Labute approximate surface area is 91.8 Å². The van der Waals surface area contributed by atoms with E-state index in [0.717, 1.165) is 19.3 Å². The van der Waals surface area contributed by atoms with Crippen LogP contribution in [0.4, 0.5) is 0 Å². The molecule has 0 unspecified atom stereocenters. The van der Waals surface area contributed by atoms with Gasteiger partial charge in [0.1, 0.15) is 6.10 Å². The molecule has 0 saturated heterocycles. The summed E-state index contributed by atoms with van der Waals surface area (Å²) in [6, 6.07) is 3.08. The molecule has 1 aliphatic carbocycles. The first-order chi connectivity index (χ1) is 7.16. The SMILES string of the molecule is O=C(O)c1nc(OC2CCC2)ccc1Cl. The summed E-state index contributed by atoms with van der Waals surface area (Å²) in [5.41, 5.74) is -0.159. The minimum Gasteiger partial charge on any atom is -0.476 e. The van der Waals surface area contributed by atoms with Crippen molar-refractivity contribution < 1.29 is 14.6 Å². The van der Waals surface area contributed by atoms with Crippen LogP contribution in [0.1, 0.15) is 29.8 Å². The Morgan fingerprint density at radius 1 is 1.53 bits per heavy atom. The van der Waals surface area contributed by atoms with Crippen LogP contribution in [-0.4, -0.2) is 22.2 Å². The number of hydrogen-bond donors (Lipinski definition) is 1. The Hall–Kier alpha value is -1.29. The topological polar surface area (TPSA) is 59.4 Å². The highest BCUT2D eigenvalue weighted by Gasteiger charge is 2.20. The third kappa shape index (κ3) is 2.21. The van der Waals surface area contributed by atoms with Crippen LogP contribution in [0.5, 0.6) is 5.88 Å². The Morgan fingerprint density at radius 3 is 2.80 bits per heavy atom. The summed E-state index contributed by atoms with van der Waals surface area (Å²) in [5.74, 6) is -0.805. The maximum Gasteiger partial charge on any atom is 0.356 e. The van der Waals surface area contributed by atoms with Gasteiger partial charge in [0.15, 0.2) is 5.69 Å². The molecule has 0 spiro atoms. The minimum absolute atomic E-state index is 0.128. The lowest BCUT2D eigenvalue weighted by molar-refractivity contribution is 0.0685. The van der Waals surface area contributed by atoms with E-state index in [0.29, 0.717) is 5.88 Å². The van der Waals surface area contributed by atoms with Crippen molar-refractivity contribution in [1.82, 2.24) is 4.98 Å². The lowest BCUT2D eigenvalue weighted by Gasteiger charge is -2.25. The molecular formula is C10H10ClNO3. The molecule has 0 amide bonds. The number of hydrogen-bond acceptors (Lipinski definition) is 3. The summed E-state index contributed by atoms with van der Waals surface area (Å²) in [6.45, 7) is 0. The third-order valence-corrected chi connectivity index (χ3v) is 2.67. The number of carbonyl (C=O) groups is 1. The summed E-state index contributed by atoms with van der Waals surface area (Å²) in [6.07, 6.45) is 3.35. The molecule has 1 N–H and O–H groups in total. The average molecular weight is 228 g/mol. The fraction of sp³-hybridized carbons (Fsp3) is 0.400. The zero-order chi connectivity index (χ0) is 10.8.